The van der Waals surface area contributed by atoms with Crippen molar-refractivity contribution in [2.45, 2.75) is 31.8 Å². The number of likely N-dealkylation sites (tertiary alicyclic amines) is 1. The van der Waals surface area contributed by atoms with E-state index in [9.17, 15) is 8.78 Å². The van der Waals surface area contributed by atoms with E-state index in [1.54, 1.807) is 6.07 Å². The van der Waals surface area contributed by atoms with Crippen LogP contribution < -0.4 is 0 Å². The molecule has 4 heteroatoms. The third-order valence-electron chi connectivity index (χ3n) is 3.17. The van der Waals surface area contributed by atoms with E-state index in [0.29, 0.717) is 12.1 Å². The second kappa shape index (κ2) is 5.24. The minimum Gasteiger partial charge on any atom is -0.284 e. The third-order valence-corrected chi connectivity index (χ3v) is 3.17. The summed E-state index contributed by atoms with van der Waals surface area (Å²) in [7, 11) is 0. The lowest BCUT2D eigenvalue weighted by molar-refractivity contribution is 0.174. The number of nitrogens with zero attached hydrogens (tertiary/aromatic N) is 2. The number of hydrogen-bond donors (Lipinski definition) is 0. The van der Waals surface area contributed by atoms with Gasteiger partial charge in [0.2, 0.25) is 0 Å². The lowest BCUT2D eigenvalue weighted by Crippen LogP contribution is -2.38. The zero-order chi connectivity index (χ0) is 12.3. The Morgan fingerprint density at radius 3 is 2.94 bits per heavy atom. The van der Waals surface area contributed by atoms with Crippen LogP contribution in [0.4, 0.5) is 8.78 Å². The van der Waals surface area contributed by atoms with Crippen LogP contribution in [0.2, 0.25) is 0 Å². The van der Waals surface area contributed by atoms with Crippen LogP contribution in [0.3, 0.4) is 0 Å². The Kier molecular flexibility index (Phi) is 3.70. The molecule has 1 saturated heterocycles. The highest BCUT2D eigenvalue weighted by atomic mass is 19.2. The van der Waals surface area contributed by atoms with Crippen LogP contribution in [0, 0.1) is 23.0 Å². The van der Waals surface area contributed by atoms with E-state index in [-0.39, 0.29) is 6.04 Å². The number of nitriles is 1. The first-order chi connectivity index (χ1) is 8.22. The van der Waals surface area contributed by atoms with Crippen LogP contribution in [-0.2, 0) is 6.54 Å². The second-order valence-electron chi connectivity index (χ2n) is 4.32. The maximum absolute atomic E-state index is 13.5. The lowest BCUT2D eigenvalue weighted by atomic mass is 10.0. The Hall–Kier alpha value is -1.47. The minimum atomic E-state index is -0.826. The predicted molar refractivity (Wildman–Crippen MR) is 60.0 cm³/mol. The van der Waals surface area contributed by atoms with E-state index in [4.69, 9.17) is 5.26 Å². The molecule has 1 unspecified atom stereocenters. The number of rotatable bonds is 2. The van der Waals surface area contributed by atoms with E-state index in [2.05, 4.69) is 6.07 Å². The average Bonchev–Trinajstić information content (AvgIpc) is 2.35. The quantitative estimate of drug-likeness (QED) is 0.789. The molecule has 0 spiro atoms. The van der Waals surface area contributed by atoms with Gasteiger partial charge in [0.25, 0.3) is 0 Å². The molecule has 0 N–H and O–H groups in total. The van der Waals surface area contributed by atoms with Crippen molar-refractivity contribution in [1.82, 2.24) is 4.90 Å². The molecule has 1 aromatic rings. The van der Waals surface area contributed by atoms with Crippen LogP contribution in [-0.4, -0.2) is 17.5 Å². The van der Waals surface area contributed by atoms with Crippen molar-refractivity contribution in [3.63, 3.8) is 0 Å². The summed E-state index contributed by atoms with van der Waals surface area (Å²) in [5.74, 6) is -1.62. The van der Waals surface area contributed by atoms with Gasteiger partial charge in [-0.25, -0.2) is 8.78 Å². The summed E-state index contributed by atoms with van der Waals surface area (Å²) in [4.78, 5) is 1.92. The molecule has 90 valence electrons. The molecule has 0 saturated carbocycles. The maximum Gasteiger partial charge on any atom is 0.163 e. The van der Waals surface area contributed by atoms with Gasteiger partial charge in [0.1, 0.15) is 0 Å². The fourth-order valence-electron chi connectivity index (χ4n) is 2.22. The first-order valence-corrected chi connectivity index (χ1v) is 5.79. The Morgan fingerprint density at radius 1 is 1.35 bits per heavy atom. The number of hydrogen-bond acceptors (Lipinski definition) is 2. The first-order valence-electron chi connectivity index (χ1n) is 5.79. The number of piperidine rings is 1. The van der Waals surface area contributed by atoms with Gasteiger partial charge in [-0.05, 0) is 31.9 Å². The van der Waals surface area contributed by atoms with Crippen molar-refractivity contribution in [2.24, 2.45) is 0 Å². The van der Waals surface area contributed by atoms with Gasteiger partial charge in [-0.1, -0.05) is 12.1 Å². The van der Waals surface area contributed by atoms with Crippen molar-refractivity contribution >= 4 is 0 Å². The molecule has 1 aliphatic rings. The van der Waals surface area contributed by atoms with Crippen molar-refractivity contribution in [3.8, 4) is 6.07 Å². The van der Waals surface area contributed by atoms with Gasteiger partial charge in [0.05, 0.1) is 12.1 Å². The topological polar surface area (TPSA) is 27.0 Å². The molecule has 2 rings (SSSR count). The lowest BCUT2D eigenvalue weighted by Gasteiger charge is -2.31. The molecule has 0 aliphatic carbocycles. The number of benzene rings is 1. The second-order valence-corrected chi connectivity index (χ2v) is 4.32. The summed E-state index contributed by atoms with van der Waals surface area (Å²) in [6.07, 6.45) is 2.85. The highest BCUT2D eigenvalue weighted by molar-refractivity contribution is 5.19. The molecule has 1 heterocycles. The van der Waals surface area contributed by atoms with Crippen molar-refractivity contribution in [2.75, 3.05) is 6.54 Å². The van der Waals surface area contributed by atoms with Crippen molar-refractivity contribution in [1.29, 1.82) is 5.26 Å². The van der Waals surface area contributed by atoms with Crippen LogP contribution >= 0.6 is 0 Å². The average molecular weight is 236 g/mol. The highest BCUT2D eigenvalue weighted by Crippen LogP contribution is 2.21. The molecule has 0 radical (unpaired) electrons. The molecule has 1 aliphatic heterocycles. The molecule has 1 atom stereocenters. The monoisotopic (exact) mass is 236 g/mol. The number of halogens is 2. The maximum atomic E-state index is 13.5. The molecule has 0 aromatic heterocycles. The van der Waals surface area contributed by atoms with Gasteiger partial charge >= 0.3 is 0 Å². The van der Waals surface area contributed by atoms with Gasteiger partial charge in [0, 0.05) is 12.1 Å². The summed E-state index contributed by atoms with van der Waals surface area (Å²) in [5, 5.41) is 9.00. The van der Waals surface area contributed by atoms with Gasteiger partial charge in [-0.3, -0.25) is 4.90 Å². The molecular weight excluding hydrogens is 222 g/mol. The minimum absolute atomic E-state index is 0.175. The molecule has 0 bridgehead atoms. The van der Waals surface area contributed by atoms with Crippen LogP contribution in [0.25, 0.3) is 0 Å². The predicted octanol–water partition coefficient (Wildman–Crippen LogP) is 2.84. The summed E-state index contributed by atoms with van der Waals surface area (Å²) in [6.45, 7) is 1.08. The summed E-state index contributed by atoms with van der Waals surface area (Å²) in [5.41, 5.74) is 0.326. The normalized spacial score (nSPS) is 21.1. The molecule has 0 amide bonds. The fourth-order valence-corrected chi connectivity index (χ4v) is 2.22. The fraction of sp³-hybridized carbons (Fsp3) is 0.462. The largest absolute Gasteiger partial charge is 0.284 e. The SMILES string of the molecule is N#CC1CCCCN1Cc1cccc(F)c1F. The van der Waals surface area contributed by atoms with Gasteiger partial charge in [-0.2, -0.15) is 5.26 Å². The Morgan fingerprint density at radius 2 is 2.18 bits per heavy atom. The Bertz CT molecular complexity index is 440. The van der Waals surface area contributed by atoms with Gasteiger partial charge < -0.3 is 0 Å². The van der Waals surface area contributed by atoms with Crippen molar-refractivity contribution < 1.29 is 8.78 Å². The van der Waals surface area contributed by atoms with E-state index >= 15 is 0 Å². The van der Waals surface area contributed by atoms with Crippen LogP contribution in [0.15, 0.2) is 18.2 Å². The highest BCUT2D eigenvalue weighted by Gasteiger charge is 2.23. The molecule has 1 aromatic carbocycles. The molecule has 1 fully saturated rings. The standard InChI is InChI=1S/C13H14F2N2/c14-12-6-3-4-10(13(12)15)9-17-7-2-1-5-11(17)8-16/h3-4,6,11H,1-2,5,7,9H2. The van der Waals surface area contributed by atoms with E-state index in [1.807, 2.05) is 4.90 Å². The van der Waals surface area contributed by atoms with Crippen LogP contribution in [0.5, 0.6) is 0 Å². The van der Waals surface area contributed by atoms with Gasteiger partial charge in [0.15, 0.2) is 11.6 Å². The summed E-state index contributed by atoms with van der Waals surface area (Å²) in [6, 6.07) is 6.22. The van der Waals surface area contributed by atoms with E-state index < -0.39 is 11.6 Å². The summed E-state index contributed by atoms with van der Waals surface area (Å²) >= 11 is 0. The van der Waals surface area contributed by atoms with E-state index in [1.165, 1.54) is 6.07 Å². The zero-order valence-electron chi connectivity index (χ0n) is 9.50. The van der Waals surface area contributed by atoms with E-state index in [0.717, 1.165) is 31.9 Å². The Balaban J connectivity index is 2.14. The third kappa shape index (κ3) is 2.62. The summed E-state index contributed by atoms with van der Waals surface area (Å²) < 4.78 is 26.6. The van der Waals surface area contributed by atoms with Crippen LogP contribution in [0.1, 0.15) is 24.8 Å². The van der Waals surface area contributed by atoms with Crippen molar-refractivity contribution in [3.05, 3.63) is 35.4 Å². The smallest absolute Gasteiger partial charge is 0.163 e. The van der Waals surface area contributed by atoms with Gasteiger partial charge in [-0.15, -0.1) is 0 Å². The Labute approximate surface area is 99.5 Å². The zero-order valence-corrected chi connectivity index (χ0v) is 9.50. The molecular formula is C13H14F2N2. The molecule has 2 nitrogen and oxygen atoms in total. The molecule has 17 heavy (non-hydrogen) atoms. The first kappa shape index (κ1) is 12.0.